The van der Waals surface area contributed by atoms with Crippen molar-refractivity contribution in [2.45, 2.75) is 39.9 Å². The lowest BCUT2D eigenvalue weighted by molar-refractivity contribution is -0.137. The van der Waals surface area contributed by atoms with Crippen LogP contribution in [0.5, 0.6) is 0 Å². The number of alkyl halides is 3. The first-order chi connectivity index (χ1) is 9.35. The minimum Gasteiger partial charge on any atom is -0.384 e. The summed E-state index contributed by atoms with van der Waals surface area (Å²) in [4.78, 5) is 1.80. The highest BCUT2D eigenvalue weighted by Gasteiger charge is 2.35. The molecule has 118 valence electrons. The van der Waals surface area contributed by atoms with Crippen LogP contribution in [0.1, 0.15) is 38.8 Å². The normalized spacial score (nSPS) is 13.9. The Hall–Kier alpha value is -1.72. The van der Waals surface area contributed by atoms with Crippen molar-refractivity contribution in [2.24, 2.45) is 11.1 Å². The van der Waals surface area contributed by atoms with Gasteiger partial charge >= 0.3 is 6.18 Å². The standard InChI is InChI=1S/C15H22F3N3/c1-9(14(2,3)4)21(5)10-6-7-11(13(19)20)12(8-10)15(16,17)18/h6-9H,1-5H3,(H3,19,20). The summed E-state index contributed by atoms with van der Waals surface area (Å²) < 4.78 is 39.3. The molecule has 0 aromatic heterocycles. The molecule has 0 aliphatic carbocycles. The number of nitrogens with zero attached hydrogens (tertiary/aromatic N) is 1. The van der Waals surface area contributed by atoms with E-state index in [0.29, 0.717) is 5.69 Å². The summed E-state index contributed by atoms with van der Waals surface area (Å²) in [5, 5.41) is 7.28. The van der Waals surface area contributed by atoms with E-state index in [4.69, 9.17) is 11.1 Å². The van der Waals surface area contributed by atoms with Crippen molar-refractivity contribution in [3.63, 3.8) is 0 Å². The number of amidine groups is 1. The lowest BCUT2D eigenvalue weighted by Crippen LogP contribution is -2.39. The second-order valence-corrected chi connectivity index (χ2v) is 6.29. The monoisotopic (exact) mass is 301 g/mol. The molecule has 0 radical (unpaired) electrons. The molecule has 0 saturated carbocycles. The molecule has 1 unspecified atom stereocenters. The molecular formula is C15H22F3N3. The van der Waals surface area contributed by atoms with Crippen LogP contribution in [0.4, 0.5) is 18.9 Å². The van der Waals surface area contributed by atoms with Crippen molar-refractivity contribution in [1.82, 2.24) is 0 Å². The molecule has 0 heterocycles. The molecule has 3 nitrogen and oxygen atoms in total. The van der Waals surface area contributed by atoms with Crippen LogP contribution in [-0.4, -0.2) is 18.9 Å². The van der Waals surface area contributed by atoms with Crippen LogP contribution in [-0.2, 0) is 6.18 Å². The van der Waals surface area contributed by atoms with E-state index in [1.54, 1.807) is 18.0 Å². The van der Waals surface area contributed by atoms with Gasteiger partial charge in [0.15, 0.2) is 0 Å². The van der Waals surface area contributed by atoms with Gasteiger partial charge in [0.2, 0.25) is 0 Å². The van der Waals surface area contributed by atoms with Crippen LogP contribution >= 0.6 is 0 Å². The fraction of sp³-hybridized carbons (Fsp3) is 0.533. The summed E-state index contributed by atoms with van der Waals surface area (Å²) in [6, 6.07) is 3.92. The van der Waals surface area contributed by atoms with Crippen LogP contribution in [0.2, 0.25) is 0 Å². The van der Waals surface area contributed by atoms with E-state index < -0.39 is 17.6 Å². The van der Waals surface area contributed by atoms with Gasteiger partial charge in [-0.25, -0.2) is 0 Å². The van der Waals surface area contributed by atoms with Gasteiger partial charge in [0.05, 0.1) is 5.56 Å². The number of nitrogens with one attached hydrogen (secondary N) is 1. The topological polar surface area (TPSA) is 53.1 Å². The van der Waals surface area contributed by atoms with Crippen molar-refractivity contribution in [3.05, 3.63) is 29.3 Å². The van der Waals surface area contributed by atoms with Gasteiger partial charge in [-0.2, -0.15) is 13.2 Å². The van der Waals surface area contributed by atoms with Crippen molar-refractivity contribution in [3.8, 4) is 0 Å². The van der Waals surface area contributed by atoms with Gasteiger partial charge in [-0.3, -0.25) is 5.41 Å². The van der Waals surface area contributed by atoms with Crippen LogP contribution < -0.4 is 10.6 Å². The minimum absolute atomic E-state index is 0.0433. The first kappa shape index (κ1) is 17.3. The van der Waals surface area contributed by atoms with Gasteiger partial charge in [0.25, 0.3) is 0 Å². The predicted molar refractivity (Wildman–Crippen MR) is 79.8 cm³/mol. The number of hydrogen-bond acceptors (Lipinski definition) is 2. The van der Waals surface area contributed by atoms with Crippen LogP contribution in [0.3, 0.4) is 0 Å². The number of nitrogen functional groups attached to an aromatic ring is 1. The Labute approximate surface area is 123 Å². The highest BCUT2D eigenvalue weighted by atomic mass is 19.4. The maximum atomic E-state index is 13.1. The molecule has 1 aromatic rings. The SMILES string of the molecule is CC(N(C)c1ccc(C(=N)N)c(C(F)(F)F)c1)C(C)(C)C. The summed E-state index contributed by atoms with van der Waals surface area (Å²) >= 11 is 0. The Bertz CT molecular complexity index is 530. The summed E-state index contributed by atoms with van der Waals surface area (Å²) in [5.41, 5.74) is 4.45. The summed E-state index contributed by atoms with van der Waals surface area (Å²) in [6.07, 6.45) is -4.54. The Kier molecular flexibility index (Phi) is 4.60. The summed E-state index contributed by atoms with van der Waals surface area (Å²) in [5.74, 6) is -0.583. The lowest BCUT2D eigenvalue weighted by Gasteiger charge is -2.37. The molecule has 0 bridgehead atoms. The summed E-state index contributed by atoms with van der Waals surface area (Å²) in [6.45, 7) is 8.06. The summed E-state index contributed by atoms with van der Waals surface area (Å²) in [7, 11) is 1.76. The first-order valence-corrected chi connectivity index (χ1v) is 6.64. The van der Waals surface area contributed by atoms with E-state index in [1.165, 1.54) is 6.07 Å². The molecule has 21 heavy (non-hydrogen) atoms. The molecule has 1 aromatic carbocycles. The third-order valence-electron chi connectivity index (χ3n) is 3.84. The molecular weight excluding hydrogens is 279 g/mol. The van der Waals surface area contributed by atoms with Crippen LogP contribution in [0, 0.1) is 10.8 Å². The van der Waals surface area contributed by atoms with E-state index in [9.17, 15) is 13.2 Å². The number of nitrogens with two attached hydrogens (primary N) is 1. The maximum Gasteiger partial charge on any atom is 0.417 e. The molecule has 0 amide bonds. The molecule has 0 spiro atoms. The van der Waals surface area contributed by atoms with Crippen LogP contribution in [0.25, 0.3) is 0 Å². The molecule has 0 fully saturated rings. The zero-order valence-electron chi connectivity index (χ0n) is 13.0. The Balaban J connectivity index is 3.32. The third-order valence-corrected chi connectivity index (χ3v) is 3.84. The zero-order chi connectivity index (χ0) is 16.6. The zero-order valence-corrected chi connectivity index (χ0v) is 13.0. The molecule has 3 N–H and O–H groups in total. The van der Waals surface area contributed by atoms with Gasteiger partial charge in [0, 0.05) is 24.3 Å². The maximum absolute atomic E-state index is 13.1. The largest absolute Gasteiger partial charge is 0.417 e. The molecule has 1 rings (SSSR count). The Morgan fingerprint density at radius 3 is 2.14 bits per heavy atom. The number of halogens is 3. The van der Waals surface area contributed by atoms with E-state index in [0.717, 1.165) is 6.07 Å². The first-order valence-electron chi connectivity index (χ1n) is 6.64. The molecule has 0 saturated heterocycles. The molecule has 6 heteroatoms. The number of hydrogen-bond donors (Lipinski definition) is 2. The van der Waals surface area contributed by atoms with Gasteiger partial charge in [-0.1, -0.05) is 20.8 Å². The molecule has 0 aliphatic rings. The lowest BCUT2D eigenvalue weighted by atomic mass is 9.87. The number of anilines is 1. The van der Waals surface area contributed by atoms with E-state index in [1.807, 2.05) is 27.7 Å². The number of rotatable bonds is 3. The second kappa shape index (κ2) is 5.58. The third kappa shape index (κ3) is 3.89. The Morgan fingerprint density at radius 2 is 1.76 bits per heavy atom. The van der Waals surface area contributed by atoms with E-state index in [-0.39, 0.29) is 17.0 Å². The van der Waals surface area contributed by atoms with Gasteiger partial charge in [-0.15, -0.1) is 0 Å². The Morgan fingerprint density at radius 1 is 1.24 bits per heavy atom. The predicted octanol–water partition coefficient (Wildman–Crippen LogP) is 3.86. The molecule has 1 atom stereocenters. The average Bonchev–Trinajstić information content (AvgIpc) is 2.34. The van der Waals surface area contributed by atoms with Gasteiger partial charge < -0.3 is 10.6 Å². The quantitative estimate of drug-likeness (QED) is 0.658. The van der Waals surface area contributed by atoms with Crippen molar-refractivity contribution < 1.29 is 13.2 Å². The van der Waals surface area contributed by atoms with Crippen molar-refractivity contribution >= 4 is 11.5 Å². The van der Waals surface area contributed by atoms with Crippen molar-refractivity contribution in [1.29, 1.82) is 5.41 Å². The minimum atomic E-state index is -4.54. The van der Waals surface area contributed by atoms with E-state index >= 15 is 0 Å². The second-order valence-electron chi connectivity index (χ2n) is 6.29. The fourth-order valence-corrected chi connectivity index (χ4v) is 2.03. The fourth-order valence-electron chi connectivity index (χ4n) is 2.03. The number of benzene rings is 1. The van der Waals surface area contributed by atoms with Gasteiger partial charge in [0.1, 0.15) is 5.84 Å². The average molecular weight is 301 g/mol. The van der Waals surface area contributed by atoms with Gasteiger partial charge in [-0.05, 0) is 30.5 Å². The van der Waals surface area contributed by atoms with E-state index in [2.05, 4.69) is 0 Å². The highest BCUT2D eigenvalue weighted by molar-refractivity contribution is 5.97. The highest BCUT2D eigenvalue weighted by Crippen LogP contribution is 2.36. The van der Waals surface area contributed by atoms with Crippen molar-refractivity contribution in [2.75, 3.05) is 11.9 Å². The smallest absolute Gasteiger partial charge is 0.384 e. The van der Waals surface area contributed by atoms with Crippen LogP contribution in [0.15, 0.2) is 18.2 Å². The molecule has 0 aliphatic heterocycles.